The third-order valence-electron chi connectivity index (χ3n) is 7.05. The quantitative estimate of drug-likeness (QED) is 0.267. The summed E-state index contributed by atoms with van der Waals surface area (Å²) in [5.74, 6) is 1.39. The minimum absolute atomic E-state index is 0.00910. The summed E-state index contributed by atoms with van der Waals surface area (Å²) in [6.45, 7) is 12.7. The number of hydrogen-bond acceptors (Lipinski definition) is 6. The third kappa shape index (κ3) is 11.1. The summed E-state index contributed by atoms with van der Waals surface area (Å²) in [5.41, 5.74) is 0.530. The van der Waals surface area contributed by atoms with Gasteiger partial charge in [0.05, 0.1) is 13.2 Å². The summed E-state index contributed by atoms with van der Waals surface area (Å²) in [6.07, 6.45) is 2.24. The molecule has 0 aliphatic carbocycles. The molecule has 9 heteroatoms. The molecule has 43 heavy (non-hydrogen) atoms. The number of hydrogen-bond donors (Lipinski definition) is 1. The highest BCUT2D eigenvalue weighted by Gasteiger charge is 2.39. The summed E-state index contributed by atoms with van der Waals surface area (Å²) < 4.78 is 17.6. The van der Waals surface area contributed by atoms with Crippen LogP contribution in [0.3, 0.4) is 0 Å². The molecule has 0 spiro atoms. The lowest BCUT2D eigenvalue weighted by molar-refractivity contribution is -0.129. The second kappa shape index (κ2) is 16.2. The Bertz CT molecular complexity index is 1180. The van der Waals surface area contributed by atoms with Gasteiger partial charge in [-0.1, -0.05) is 57.2 Å². The van der Waals surface area contributed by atoms with Crippen molar-refractivity contribution in [1.29, 1.82) is 0 Å². The fourth-order valence-corrected chi connectivity index (χ4v) is 5.12. The molecule has 9 nitrogen and oxygen atoms in total. The molecule has 0 saturated carbocycles. The second-order valence-corrected chi connectivity index (χ2v) is 12.4. The molecule has 1 heterocycles. The first kappa shape index (κ1) is 33.7. The van der Waals surface area contributed by atoms with E-state index >= 15 is 0 Å². The molecule has 1 N–H and O–H groups in total. The highest BCUT2D eigenvalue weighted by molar-refractivity contribution is 5.95. The largest absolute Gasteiger partial charge is 0.493 e. The molecule has 236 valence electrons. The van der Waals surface area contributed by atoms with Gasteiger partial charge in [-0.15, -0.1) is 0 Å². The topological polar surface area (TPSA) is 97.4 Å². The van der Waals surface area contributed by atoms with Gasteiger partial charge in [0.15, 0.2) is 0 Å². The van der Waals surface area contributed by atoms with E-state index < -0.39 is 11.7 Å². The number of imide groups is 1. The summed E-state index contributed by atoms with van der Waals surface area (Å²) in [4.78, 5) is 42.5. The maximum atomic E-state index is 14.0. The van der Waals surface area contributed by atoms with Crippen LogP contribution in [0.2, 0.25) is 0 Å². The Morgan fingerprint density at radius 1 is 1.05 bits per heavy atom. The van der Waals surface area contributed by atoms with E-state index in [1.807, 2.05) is 62.4 Å². The van der Waals surface area contributed by atoms with E-state index in [2.05, 4.69) is 18.3 Å². The summed E-state index contributed by atoms with van der Waals surface area (Å²) in [5, 5.41) is 2.62. The van der Waals surface area contributed by atoms with Crippen molar-refractivity contribution in [1.82, 2.24) is 15.1 Å². The minimum Gasteiger partial charge on any atom is -0.493 e. The maximum absolute atomic E-state index is 14.0. The molecule has 0 unspecified atom stereocenters. The molecular weight excluding hydrogens is 546 g/mol. The van der Waals surface area contributed by atoms with E-state index in [0.717, 1.165) is 30.8 Å². The molecule has 0 bridgehead atoms. The number of amides is 4. The van der Waals surface area contributed by atoms with Crippen molar-refractivity contribution in [2.24, 2.45) is 5.92 Å². The van der Waals surface area contributed by atoms with Gasteiger partial charge < -0.3 is 24.4 Å². The molecule has 0 aromatic heterocycles. The van der Waals surface area contributed by atoms with Crippen molar-refractivity contribution in [2.45, 2.75) is 91.4 Å². The van der Waals surface area contributed by atoms with Gasteiger partial charge in [-0.3, -0.25) is 9.69 Å². The number of nitrogens with zero attached hydrogens (tertiary/aromatic N) is 2. The van der Waals surface area contributed by atoms with Crippen molar-refractivity contribution in [3.8, 4) is 11.5 Å². The van der Waals surface area contributed by atoms with Crippen LogP contribution in [0, 0.1) is 5.92 Å². The lowest BCUT2D eigenvalue weighted by Gasteiger charge is -2.31. The Labute approximate surface area is 256 Å². The standard InChI is InChI=1S/C34H49N3O6/c1-7-26-14-11-12-18-30(26)41-21-13-15-27-22-29(42-28-16-9-8-10-17-28)24-36(27)33(40)37(23-25(2)3)31(38)19-20-35-32(39)43-34(4,5)6/h8-12,14,16-18,25,27,29H,7,13,15,19-24H2,1-6H3,(H,35,39)/t27-,29-/m0/s1. The second-order valence-electron chi connectivity index (χ2n) is 12.4. The molecule has 3 rings (SSSR count). The van der Waals surface area contributed by atoms with Crippen LogP contribution >= 0.6 is 0 Å². The molecule has 1 fully saturated rings. The number of carbonyl (C=O) groups is 3. The maximum Gasteiger partial charge on any atom is 0.407 e. The zero-order valence-corrected chi connectivity index (χ0v) is 26.6. The Morgan fingerprint density at radius 3 is 2.42 bits per heavy atom. The third-order valence-corrected chi connectivity index (χ3v) is 7.05. The van der Waals surface area contributed by atoms with Gasteiger partial charge in [-0.25, -0.2) is 9.59 Å². The fourth-order valence-electron chi connectivity index (χ4n) is 5.12. The van der Waals surface area contributed by atoms with Gasteiger partial charge in [-0.2, -0.15) is 0 Å². The van der Waals surface area contributed by atoms with Gasteiger partial charge in [0.25, 0.3) is 0 Å². The van der Waals surface area contributed by atoms with E-state index in [0.29, 0.717) is 19.6 Å². The van der Waals surface area contributed by atoms with Crippen LogP contribution in [0.1, 0.15) is 72.8 Å². The highest BCUT2D eigenvalue weighted by Crippen LogP contribution is 2.28. The van der Waals surface area contributed by atoms with Gasteiger partial charge in [-0.05, 0) is 69.7 Å². The van der Waals surface area contributed by atoms with Crippen LogP contribution in [0.15, 0.2) is 54.6 Å². The van der Waals surface area contributed by atoms with E-state index in [1.54, 1.807) is 25.7 Å². The van der Waals surface area contributed by atoms with E-state index in [-0.39, 0.29) is 49.5 Å². The van der Waals surface area contributed by atoms with Crippen LogP contribution in [0.5, 0.6) is 11.5 Å². The van der Waals surface area contributed by atoms with Gasteiger partial charge in [0, 0.05) is 32.0 Å². The number of para-hydroxylation sites is 2. The fraction of sp³-hybridized carbons (Fsp3) is 0.559. The average Bonchev–Trinajstić information content (AvgIpc) is 3.35. The monoisotopic (exact) mass is 595 g/mol. The normalized spacial score (nSPS) is 16.6. The van der Waals surface area contributed by atoms with Crippen molar-refractivity contribution in [3.63, 3.8) is 0 Å². The molecular formula is C34H49N3O6. The predicted octanol–water partition coefficient (Wildman–Crippen LogP) is 6.45. The highest BCUT2D eigenvalue weighted by atomic mass is 16.6. The molecule has 4 amide bonds. The Morgan fingerprint density at radius 2 is 1.74 bits per heavy atom. The number of benzene rings is 2. The summed E-state index contributed by atoms with van der Waals surface area (Å²) in [7, 11) is 0. The summed E-state index contributed by atoms with van der Waals surface area (Å²) in [6, 6.07) is 17.2. The van der Waals surface area contributed by atoms with Gasteiger partial charge in [0.1, 0.15) is 23.2 Å². The molecule has 0 radical (unpaired) electrons. The van der Waals surface area contributed by atoms with E-state index in [4.69, 9.17) is 14.2 Å². The smallest absolute Gasteiger partial charge is 0.407 e. The number of rotatable bonds is 13. The Balaban J connectivity index is 1.67. The number of ether oxygens (including phenoxy) is 3. The van der Waals surface area contributed by atoms with Crippen LogP contribution in [-0.2, 0) is 16.0 Å². The number of aryl methyl sites for hydroxylation is 1. The average molecular weight is 596 g/mol. The number of nitrogens with one attached hydrogen (secondary N) is 1. The van der Waals surface area contributed by atoms with Crippen LogP contribution in [0.25, 0.3) is 0 Å². The van der Waals surface area contributed by atoms with Gasteiger partial charge in [0.2, 0.25) is 5.91 Å². The van der Waals surface area contributed by atoms with Crippen molar-refractivity contribution >= 4 is 18.0 Å². The first-order chi connectivity index (χ1) is 20.5. The molecule has 2 aromatic rings. The van der Waals surface area contributed by atoms with Crippen molar-refractivity contribution < 1.29 is 28.6 Å². The van der Waals surface area contributed by atoms with Crippen LogP contribution in [0.4, 0.5) is 9.59 Å². The SMILES string of the molecule is CCc1ccccc1OCCC[C@H]1C[C@H](Oc2ccccc2)CN1C(=O)N(CC(C)C)C(=O)CCNC(=O)OC(C)(C)C. The van der Waals surface area contributed by atoms with Crippen molar-refractivity contribution in [3.05, 3.63) is 60.2 Å². The Kier molecular flexibility index (Phi) is 12.7. The van der Waals surface area contributed by atoms with Crippen LogP contribution in [-0.4, -0.2) is 71.8 Å². The molecule has 2 aromatic carbocycles. The lowest BCUT2D eigenvalue weighted by atomic mass is 10.1. The molecule has 1 saturated heterocycles. The van der Waals surface area contributed by atoms with Crippen molar-refractivity contribution in [2.75, 3.05) is 26.2 Å². The Hall–Kier alpha value is -3.75. The van der Waals surface area contributed by atoms with E-state index in [1.165, 1.54) is 10.5 Å². The van der Waals surface area contributed by atoms with Crippen LogP contribution < -0.4 is 14.8 Å². The first-order valence-electron chi connectivity index (χ1n) is 15.5. The molecule has 1 aliphatic heterocycles. The predicted molar refractivity (Wildman–Crippen MR) is 167 cm³/mol. The molecule has 2 atom stereocenters. The lowest BCUT2D eigenvalue weighted by Crippen LogP contribution is -2.50. The van der Waals surface area contributed by atoms with Gasteiger partial charge >= 0.3 is 12.1 Å². The summed E-state index contributed by atoms with van der Waals surface area (Å²) >= 11 is 0. The number of likely N-dealkylation sites (tertiary alicyclic amines) is 1. The minimum atomic E-state index is -0.638. The molecule has 1 aliphatic rings. The first-order valence-corrected chi connectivity index (χ1v) is 15.5. The zero-order valence-electron chi connectivity index (χ0n) is 26.6. The zero-order chi connectivity index (χ0) is 31.4. The number of urea groups is 1. The number of alkyl carbamates (subject to hydrolysis) is 1. The van der Waals surface area contributed by atoms with E-state index in [9.17, 15) is 14.4 Å². The number of carbonyl (C=O) groups excluding carboxylic acids is 3.